The molecule has 2 N–H and O–H groups in total. The van der Waals surface area contributed by atoms with E-state index in [9.17, 15) is 4.79 Å². The molecule has 0 spiro atoms. The number of benzene rings is 1. The zero-order chi connectivity index (χ0) is 16.4. The smallest absolute Gasteiger partial charge is 0.251 e. The van der Waals surface area contributed by atoms with Crippen LogP contribution in [0.3, 0.4) is 0 Å². The van der Waals surface area contributed by atoms with Crippen LogP contribution in [-0.4, -0.2) is 23.5 Å². The largest absolute Gasteiger partial charge is 0.369 e. The van der Waals surface area contributed by atoms with Crippen molar-refractivity contribution in [1.82, 2.24) is 10.3 Å². The second kappa shape index (κ2) is 6.63. The quantitative estimate of drug-likeness (QED) is 0.904. The summed E-state index contributed by atoms with van der Waals surface area (Å²) in [6.45, 7) is 0.946. The Labute approximate surface area is 142 Å². The van der Waals surface area contributed by atoms with Crippen LogP contribution in [0, 0.1) is 0 Å². The molecule has 2 aromatic rings. The number of hydrogen-bond acceptors (Lipinski definition) is 3. The van der Waals surface area contributed by atoms with Crippen LogP contribution in [0.5, 0.6) is 0 Å². The highest BCUT2D eigenvalue weighted by molar-refractivity contribution is 5.95. The fourth-order valence-electron chi connectivity index (χ4n) is 3.79. The average Bonchev–Trinajstić information content (AvgIpc) is 3.11. The minimum absolute atomic E-state index is 0.0510. The van der Waals surface area contributed by atoms with E-state index >= 15 is 0 Å². The summed E-state index contributed by atoms with van der Waals surface area (Å²) < 4.78 is 0. The van der Waals surface area contributed by atoms with Crippen molar-refractivity contribution in [2.75, 3.05) is 11.9 Å². The molecule has 0 unspecified atom stereocenters. The number of amides is 1. The lowest BCUT2D eigenvalue weighted by Crippen LogP contribution is -2.36. The van der Waals surface area contributed by atoms with Gasteiger partial charge in [0.2, 0.25) is 0 Å². The summed E-state index contributed by atoms with van der Waals surface area (Å²) in [5.41, 5.74) is 4.38. The van der Waals surface area contributed by atoms with Gasteiger partial charge < -0.3 is 10.6 Å². The number of pyridine rings is 1. The van der Waals surface area contributed by atoms with Crippen molar-refractivity contribution in [1.29, 1.82) is 0 Å². The summed E-state index contributed by atoms with van der Waals surface area (Å²) in [4.78, 5) is 16.8. The molecule has 4 heteroatoms. The van der Waals surface area contributed by atoms with E-state index < -0.39 is 0 Å². The van der Waals surface area contributed by atoms with E-state index in [0.29, 0.717) is 6.04 Å². The van der Waals surface area contributed by atoms with Gasteiger partial charge in [0.1, 0.15) is 5.82 Å². The zero-order valence-electron chi connectivity index (χ0n) is 13.8. The molecule has 1 fully saturated rings. The van der Waals surface area contributed by atoms with Gasteiger partial charge in [0.15, 0.2) is 0 Å². The number of carbonyl (C=O) groups is 1. The van der Waals surface area contributed by atoms with Gasteiger partial charge in [-0.3, -0.25) is 4.79 Å². The standard InChI is InChI=1S/C20H23N3O/c24-20(23-16-4-2-1-3-5-16)15-8-6-14(7-9-15)17-10-12-21-19-18(17)11-13-22-19/h6-10,12,16H,1-5,11,13H2,(H,21,22)(H,23,24). The van der Waals surface area contributed by atoms with Gasteiger partial charge >= 0.3 is 0 Å². The van der Waals surface area contributed by atoms with Crippen LogP contribution in [0.2, 0.25) is 0 Å². The molecule has 0 radical (unpaired) electrons. The van der Waals surface area contributed by atoms with Gasteiger partial charge in [-0.15, -0.1) is 0 Å². The highest BCUT2D eigenvalue weighted by Crippen LogP contribution is 2.31. The van der Waals surface area contributed by atoms with Crippen LogP contribution in [0.25, 0.3) is 11.1 Å². The van der Waals surface area contributed by atoms with Crippen molar-refractivity contribution in [3.05, 3.63) is 47.7 Å². The first kappa shape index (κ1) is 15.2. The Morgan fingerprint density at radius 1 is 1.08 bits per heavy atom. The molecule has 4 rings (SSSR count). The Kier molecular flexibility index (Phi) is 4.20. The molecular formula is C20H23N3O. The third-order valence-corrected chi connectivity index (χ3v) is 5.12. The topological polar surface area (TPSA) is 54.0 Å². The Morgan fingerprint density at radius 3 is 2.67 bits per heavy atom. The van der Waals surface area contributed by atoms with Crippen LogP contribution in [0.1, 0.15) is 48.0 Å². The second-order valence-electron chi connectivity index (χ2n) is 6.75. The van der Waals surface area contributed by atoms with E-state index in [0.717, 1.165) is 42.8 Å². The number of rotatable bonds is 3. The zero-order valence-corrected chi connectivity index (χ0v) is 13.8. The third kappa shape index (κ3) is 3.01. The summed E-state index contributed by atoms with van der Waals surface area (Å²) in [5.74, 6) is 1.04. The minimum atomic E-state index is 0.0510. The lowest BCUT2D eigenvalue weighted by atomic mass is 9.95. The summed E-state index contributed by atoms with van der Waals surface area (Å²) >= 11 is 0. The van der Waals surface area contributed by atoms with Crippen molar-refractivity contribution in [3.8, 4) is 11.1 Å². The molecule has 124 valence electrons. The molecule has 2 heterocycles. The molecule has 0 saturated heterocycles. The molecule has 0 atom stereocenters. The monoisotopic (exact) mass is 321 g/mol. The fraction of sp³-hybridized carbons (Fsp3) is 0.400. The lowest BCUT2D eigenvalue weighted by Gasteiger charge is -2.22. The van der Waals surface area contributed by atoms with Crippen molar-refractivity contribution in [2.24, 2.45) is 0 Å². The molecule has 2 aliphatic rings. The molecule has 24 heavy (non-hydrogen) atoms. The van der Waals surface area contributed by atoms with Gasteiger partial charge in [-0.2, -0.15) is 0 Å². The lowest BCUT2D eigenvalue weighted by molar-refractivity contribution is 0.0928. The molecule has 4 nitrogen and oxygen atoms in total. The first-order chi connectivity index (χ1) is 11.8. The van der Waals surface area contributed by atoms with Gasteiger partial charge in [0.05, 0.1) is 0 Å². The number of hydrogen-bond donors (Lipinski definition) is 2. The van der Waals surface area contributed by atoms with Gasteiger partial charge in [-0.1, -0.05) is 31.4 Å². The number of fused-ring (bicyclic) bond motifs is 1. The van der Waals surface area contributed by atoms with E-state index in [2.05, 4.69) is 21.7 Å². The molecule has 1 aromatic carbocycles. The minimum Gasteiger partial charge on any atom is -0.369 e. The highest BCUT2D eigenvalue weighted by Gasteiger charge is 2.18. The van der Waals surface area contributed by atoms with E-state index in [1.165, 1.54) is 30.4 Å². The summed E-state index contributed by atoms with van der Waals surface area (Å²) in [7, 11) is 0. The van der Waals surface area contributed by atoms with Gasteiger partial charge in [0.25, 0.3) is 5.91 Å². The summed E-state index contributed by atoms with van der Waals surface area (Å²) in [6.07, 6.45) is 8.82. The predicted octanol–water partition coefficient (Wildman–Crippen LogP) is 3.78. The van der Waals surface area contributed by atoms with Crippen LogP contribution < -0.4 is 10.6 Å². The third-order valence-electron chi connectivity index (χ3n) is 5.12. The van der Waals surface area contributed by atoms with Crippen LogP contribution >= 0.6 is 0 Å². The Bertz CT molecular complexity index is 733. The second-order valence-corrected chi connectivity index (χ2v) is 6.75. The highest BCUT2D eigenvalue weighted by atomic mass is 16.1. The molecule has 0 bridgehead atoms. The van der Waals surface area contributed by atoms with Gasteiger partial charge in [0, 0.05) is 29.9 Å². The normalized spacial score (nSPS) is 17.2. The SMILES string of the molecule is O=C(NC1CCCCC1)c1ccc(-c2ccnc3c2CCN3)cc1. The van der Waals surface area contributed by atoms with Crippen LogP contribution in [-0.2, 0) is 6.42 Å². The fourth-order valence-corrected chi connectivity index (χ4v) is 3.79. The molecule has 1 saturated carbocycles. The van der Waals surface area contributed by atoms with Crippen molar-refractivity contribution < 1.29 is 4.79 Å². The first-order valence-corrected chi connectivity index (χ1v) is 8.94. The number of carbonyl (C=O) groups excluding carboxylic acids is 1. The van der Waals surface area contributed by atoms with E-state index in [-0.39, 0.29) is 5.91 Å². The maximum absolute atomic E-state index is 12.4. The summed E-state index contributed by atoms with van der Waals surface area (Å²) in [5, 5.41) is 6.49. The Morgan fingerprint density at radius 2 is 1.88 bits per heavy atom. The Balaban J connectivity index is 1.50. The van der Waals surface area contributed by atoms with E-state index in [1.54, 1.807) is 0 Å². The molecule has 1 aliphatic carbocycles. The van der Waals surface area contributed by atoms with Crippen molar-refractivity contribution >= 4 is 11.7 Å². The number of anilines is 1. The maximum atomic E-state index is 12.4. The molecule has 1 aromatic heterocycles. The molecule has 1 aliphatic heterocycles. The molecular weight excluding hydrogens is 298 g/mol. The van der Waals surface area contributed by atoms with Gasteiger partial charge in [-0.05, 0) is 48.6 Å². The number of nitrogens with one attached hydrogen (secondary N) is 2. The van der Waals surface area contributed by atoms with Gasteiger partial charge in [-0.25, -0.2) is 4.98 Å². The molecule has 1 amide bonds. The van der Waals surface area contributed by atoms with Crippen LogP contribution in [0.4, 0.5) is 5.82 Å². The maximum Gasteiger partial charge on any atom is 0.251 e. The Hall–Kier alpha value is -2.36. The van der Waals surface area contributed by atoms with E-state index in [1.807, 2.05) is 30.5 Å². The van der Waals surface area contributed by atoms with Crippen molar-refractivity contribution in [2.45, 2.75) is 44.6 Å². The van der Waals surface area contributed by atoms with Crippen LogP contribution in [0.15, 0.2) is 36.5 Å². The van der Waals surface area contributed by atoms with Crippen molar-refractivity contribution in [3.63, 3.8) is 0 Å². The number of nitrogens with zero attached hydrogens (tertiary/aromatic N) is 1. The average molecular weight is 321 g/mol. The number of aromatic nitrogens is 1. The van der Waals surface area contributed by atoms with E-state index in [4.69, 9.17) is 0 Å². The predicted molar refractivity (Wildman–Crippen MR) is 96.2 cm³/mol. The summed E-state index contributed by atoms with van der Waals surface area (Å²) in [6, 6.07) is 10.4. The first-order valence-electron chi connectivity index (χ1n) is 8.94.